The van der Waals surface area contributed by atoms with Crippen molar-refractivity contribution in [1.82, 2.24) is 4.98 Å². The van der Waals surface area contributed by atoms with E-state index < -0.39 is 0 Å². The van der Waals surface area contributed by atoms with E-state index >= 15 is 0 Å². The number of carbonyl (C=O) groups excluding carboxylic acids is 1. The minimum Gasteiger partial charge on any atom is -0.462 e. The van der Waals surface area contributed by atoms with Crippen LogP contribution in [0.4, 0.5) is 5.82 Å². The predicted octanol–water partition coefficient (Wildman–Crippen LogP) is 1.32. The minimum absolute atomic E-state index is 0.242. The molecule has 2 rings (SSSR count). The molecule has 0 spiro atoms. The quantitative estimate of drug-likeness (QED) is 0.564. The molecule has 1 N–H and O–H groups in total. The van der Waals surface area contributed by atoms with Crippen molar-refractivity contribution >= 4 is 11.8 Å². The Labute approximate surface area is 81.6 Å². The van der Waals surface area contributed by atoms with E-state index in [4.69, 9.17) is 4.74 Å². The molecule has 1 aromatic rings. The van der Waals surface area contributed by atoms with Gasteiger partial charge in [-0.1, -0.05) is 6.07 Å². The van der Waals surface area contributed by atoms with E-state index in [1.165, 1.54) is 0 Å². The summed E-state index contributed by atoms with van der Waals surface area (Å²) in [7, 11) is 0. The average molecular weight is 190 g/mol. The summed E-state index contributed by atoms with van der Waals surface area (Å²) in [4.78, 5) is 15.1. The zero-order valence-corrected chi connectivity index (χ0v) is 7.56. The van der Waals surface area contributed by atoms with E-state index in [9.17, 15) is 4.79 Å². The van der Waals surface area contributed by atoms with Gasteiger partial charge in [-0.05, 0) is 12.1 Å². The highest BCUT2D eigenvalue weighted by Crippen LogP contribution is 2.13. The third-order valence-corrected chi connectivity index (χ3v) is 1.93. The van der Waals surface area contributed by atoms with Crippen LogP contribution < -0.4 is 5.32 Å². The van der Waals surface area contributed by atoms with Crippen molar-refractivity contribution in [3.8, 4) is 0 Å². The number of pyridine rings is 1. The molecule has 1 saturated heterocycles. The normalized spacial score (nSPS) is 18.3. The van der Waals surface area contributed by atoms with Crippen molar-refractivity contribution in [1.29, 1.82) is 0 Å². The summed E-state index contributed by atoms with van der Waals surface area (Å²) in [6.45, 7) is 0.481. The molecule has 1 aliphatic rings. The molecule has 0 aliphatic carbocycles. The van der Waals surface area contributed by atoms with Crippen LogP contribution in [0.15, 0.2) is 36.2 Å². The number of carbonyl (C=O) groups is 1. The maximum atomic E-state index is 11.0. The number of ether oxygens (including phenoxy) is 1. The van der Waals surface area contributed by atoms with Crippen LogP contribution in [0.2, 0.25) is 0 Å². The molecule has 0 saturated carbocycles. The molecule has 0 bridgehead atoms. The summed E-state index contributed by atoms with van der Waals surface area (Å²) in [5.74, 6) is 0.480. The molecule has 1 aliphatic heterocycles. The van der Waals surface area contributed by atoms with E-state index in [-0.39, 0.29) is 5.97 Å². The van der Waals surface area contributed by atoms with E-state index in [1.54, 1.807) is 12.4 Å². The van der Waals surface area contributed by atoms with Gasteiger partial charge < -0.3 is 10.1 Å². The van der Waals surface area contributed by atoms with Crippen molar-refractivity contribution in [3.63, 3.8) is 0 Å². The molecule has 0 unspecified atom stereocenters. The second-order valence-corrected chi connectivity index (χ2v) is 2.91. The molecule has 0 aromatic carbocycles. The molecule has 2 heterocycles. The number of hydrogen-bond acceptors (Lipinski definition) is 4. The third-order valence-electron chi connectivity index (χ3n) is 1.93. The maximum absolute atomic E-state index is 11.0. The van der Waals surface area contributed by atoms with Crippen LogP contribution in [-0.2, 0) is 9.53 Å². The van der Waals surface area contributed by atoms with Crippen LogP contribution in [0.25, 0.3) is 0 Å². The van der Waals surface area contributed by atoms with Gasteiger partial charge in [0.25, 0.3) is 0 Å². The summed E-state index contributed by atoms with van der Waals surface area (Å²) >= 11 is 0. The van der Waals surface area contributed by atoms with E-state index in [0.717, 1.165) is 5.82 Å². The molecule has 14 heavy (non-hydrogen) atoms. The van der Waals surface area contributed by atoms with Crippen molar-refractivity contribution in [3.05, 3.63) is 36.2 Å². The van der Waals surface area contributed by atoms with Crippen molar-refractivity contribution in [2.45, 2.75) is 6.42 Å². The van der Waals surface area contributed by atoms with E-state index in [0.29, 0.717) is 18.6 Å². The average Bonchev–Trinajstić information content (AvgIpc) is 2.63. The van der Waals surface area contributed by atoms with Gasteiger partial charge in [0.05, 0.1) is 12.2 Å². The Balaban J connectivity index is 2.03. The first kappa shape index (κ1) is 8.74. The Morgan fingerprint density at radius 3 is 3.07 bits per heavy atom. The number of hydrogen-bond donors (Lipinski definition) is 1. The van der Waals surface area contributed by atoms with Crippen LogP contribution in [-0.4, -0.2) is 17.6 Å². The highest BCUT2D eigenvalue weighted by atomic mass is 16.5. The lowest BCUT2D eigenvalue weighted by molar-refractivity contribution is -0.135. The molecular weight excluding hydrogens is 180 g/mol. The first-order chi connectivity index (χ1) is 6.86. The Morgan fingerprint density at radius 2 is 2.43 bits per heavy atom. The zero-order chi connectivity index (χ0) is 9.80. The predicted molar refractivity (Wildman–Crippen MR) is 51.5 cm³/mol. The van der Waals surface area contributed by atoms with Crippen LogP contribution >= 0.6 is 0 Å². The van der Waals surface area contributed by atoms with Crippen LogP contribution in [0.3, 0.4) is 0 Å². The Hall–Kier alpha value is -1.84. The monoisotopic (exact) mass is 190 g/mol. The Bertz CT molecular complexity index is 360. The molecule has 1 fully saturated rings. The molecule has 0 radical (unpaired) electrons. The minimum atomic E-state index is -0.242. The lowest BCUT2D eigenvalue weighted by Gasteiger charge is -1.98. The molecule has 1 aromatic heterocycles. The Morgan fingerprint density at radius 1 is 1.50 bits per heavy atom. The fourth-order valence-electron chi connectivity index (χ4n) is 1.19. The molecule has 4 nitrogen and oxygen atoms in total. The lowest BCUT2D eigenvalue weighted by Crippen LogP contribution is -1.98. The standard InChI is InChI=1S/C10H10N2O2/c13-10-8(4-6-14-10)7-12-9-3-1-2-5-11-9/h1-3,5,7H,4,6H2,(H,11,12). The number of esters is 1. The summed E-state index contributed by atoms with van der Waals surface area (Å²) < 4.78 is 4.79. The topological polar surface area (TPSA) is 51.2 Å². The first-order valence-electron chi connectivity index (χ1n) is 4.40. The summed E-state index contributed by atoms with van der Waals surface area (Å²) in [6.07, 6.45) is 4.00. The van der Waals surface area contributed by atoms with E-state index in [2.05, 4.69) is 10.3 Å². The van der Waals surface area contributed by atoms with Crippen LogP contribution in [0, 0.1) is 0 Å². The lowest BCUT2D eigenvalue weighted by atomic mass is 10.2. The molecular formula is C10H10N2O2. The third kappa shape index (κ3) is 1.90. The fraction of sp³-hybridized carbons (Fsp3) is 0.200. The summed E-state index contributed by atoms with van der Waals surface area (Å²) in [6, 6.07) is 5.54. The van der Waals surface area contributed by atoms with Gasteiger partial charge in [0.15, 0.2) is 0 Å². The SMILES string of the molecule is O=C1OCCC1=CNc1ccccn1. The number of nitrogens with zero attached hydrogens (tertiary/aromatic N) is 1. The van der Waals surface area contributed by atoms with Crippen LogP contribution in [0.5, 0.6) is 0 Å². The highest BCUT2D eigenvalue weighted by Gasteiger charge is 2.17. The van der Waals surface area contributed by atoms with Gasteiger partial charge >= 0.3 is 5.97 Å². The fourth-order valence-corrected chi connectivity index (χ4v) is 1.19. The number of anilines is 1. The van der Waals surface area contributed by atoms with E-state index in [1.807, 2.05) is 18.2 Å². The van der Waals surface area contributed by atoms with Gasteiger partial charge in [-0.3, -0.25) is 0 Å². The smallest absolute Gasteiger partial charge is 0.335 e. The first-order valence-corrected chi connectivity index (χ1v) is 4.40. The molecule has 72 valence electrons. The van der Waals surface area contributed by atoms with Gasteiger partial charge in [0, 0.05) is 18.8 Å². The largest absolute Gasteiger partial charge is 0.462 e. The molecule has 4 heteroatoms. The second-order valence-electron chi connectivity index (χ2n) is 2.91. The summed E-state index contributed by atoms with van der Waals surface area (Å²) in [5.41, 5.74) is 0.663. The van der Waals surface area contributed by atoms with Gasteiger partial charge in [-0.25, -0.2) is 9.78 Å². The molecule has 0 amide bonds. The van der Waals surface area contributed by atoms with Crippen LogP contribution in [0.1, 0.15) is 6.42 Å². The highest BCUT2D eigenvalue weighted by molar-refractivity contribution is 5.90. The second kappa shape index (κ2) is 3.91. The van der Waals surface area contributed by atoms with Crippen molar-refractivity contribution in [2.24, 2.45) is 0 Å². The van der Waals surface area contributed by atoms with Gasteiger partial charge in [-0.15, -0.1) is 0 Å². The number of aromatic nitrogens is 1. The summed E-state index contributed by atoms with van der Waals surface area (Å²) in [5, 5.41) is 2.94. The maximum Gasteiger partial charge on any atom is 0.335 e. The number of rotatable bonds is 2. The molecule has 0 atom stereocenters. The van der Waals surface area contributed by atoms with Crippen molar-refractivity contribution in [2.75, 3.05) is 11.9 Å². The van der Waals surface area contributed by atoms with Gasteiger partial charge in [0.2, 0.25) is 0 Å². The zero-order valence-electron chi connectivity index (χ0n) is 7.56. The Kier molecular flexibility index (Phi) is 2.44. The van der Waals surface area contributed by atoms with Gasteiger partial charge in [0.1, 0.15) is 5.82 Å². The van der Waals surface area contributed by atoms with Crippen molar-refractivity contribution < 1.29 is 9.53 Å². The number of nitrogens with one attached hydrogen (secondary N) is 1. The van der Waals surface area contributed by atoms with Gasteiger partial charge in [-0.2, -0.15) is 0 Å². The number of cyclic esters (lactones) is 1.